The van der Waals surface area contributed by atoms with Gasteiger partial charge in [-0.05, 0) is 44.5 Å². The van der Waals surface area contributed by atoms with Crippen LogP contribution in [0.1, 0.15) is 45.7 Å². The van der Waals surface area contributed by atoms with E-state index in [2.05, 4.69) is 83.8 Å². The van der Waals surface area contributed by atoms with Crippen molar-refractivity contribution in [2.75, 3.05) is 23.7 Å². The zero-order valence-electron chi connectivity index (χ0n) is 13.5. The van der Waals surface area contributed by atoms with E-state index in [1.165, 1.54) is 27.9 Å². The molecule has 3 atom stereocenters. The van der Waals surface area contributed by atoms with E-state index in [1.54, 1.807) is 0 Å². The van der Waals surface area contributed by atoms with Gasteiger partial charge in [0.25, 0.3) is 0 Å². The summed E-state index contributed by atoms with van der Waals surface area (Å²) in [6.07, 6.45) is 1.17. The van der Waals surface area contributed by atoms with Crippen LogP contribution in [0.15, 0.2) is 22.7 Å². The molecule has 0 saturated carbocycles. The van der Waals surface area contributed by atoms with E-state index >= 15 is 0 Å². The molecule has 0 amide bonds. The predicted molar refractivity (Wildman–Crippen MR) is 99.6 cm³/mol. The fraction of sp³-hybridized carbons (Fsp3) is 0.647. The minimum absolute atomic E-state index is 0.394. The number of hydrogen-bond donors (Lipinski definition) is 1. The lowest BCUT2D eigenvalue weighted by Gasteiger charge is -2.41. The molecule has 118 valence electrons. The summed E-state index contributed by atoms with van der Waals surface area (Å²) in [7, 11) is 0. The first-order chi connectivity index (χ1) is 10.0. The maximum absolute atomic E-state index is 3.65. The smallest absolute Gasteiger partial charge is 0.0428 e. The van der Waals surface area contributed by atoms with Crippen LogP contribution in [0.3, 0.4) is 0 Å². The second-order valence-corrected chi connectivity index (χ2v) is 8.29. The summed E-state index contributed by atoms with van der Waals surface area (Å²) in [5.41, 5.74) is 2.80. The lowest BCUT2D eigenvalue weighted by Crippen LogP contribution is -2.45. The summed E-state index contributed by atoms with van der Waals surface area (Å²) < 4.78 is 1.17. The average Bonchev–Trinajstić information content (AvgIpc) is 2.47. The Bertz CT molecular complexity index is 466. The van der Waals surface area contributed by atoms with Crippen molar-refractivity contribution in [1.29, 1.82) is 0 Å². The summed E-state index contributed by atoms with van der Waals surface area (Å²) >= 11 is 5.74. The molecule has 0 bridgehead atoms. The van der Waals surface area contributed by atoms with E-state index in [9.17, 15) is 0 Å². The Hall–Kier alpha value is -0.190. The highest BCUT2D eigenvalue weighted by Gasteiger charge is 2.27. The zero-order valence-corrected chi connectivity index (χ0v) is 15.9. The minimum atomic E-state index is 0.394. The van der Waals surface area contributed by atoms with Gasteiger partial charge in [0.1, 0.15) is 0 Å². The van der Waals surface area contributed by atoms with Crippen LogP contribution in [0.4, 0.5) is 5.69 Å². The van der Waals surface area contributed by atoms with Gasteiger partial charge in [-0.15, -0.1) is 0 Å². The lowest BCUT2D eigenvalue weighted by molar-refractivity contribution is 0.562. The molecule has 1 heterocycles. The van der Waals surface area contributed by atoms with Gasteiger partial charge in [-0.1, -0.05) is 35.8 Å². The predicted octanol–water partition coefficient (Wildman–Crippen LogP) is 4.84. The van der Waals surface area contributed by atoms with Crippen molar-refractivity contribution >= 4 is 33.4 Å². The SMILES string of the molecule is CCCNC(C)c1ccc(Br)cc1N1CCSC(C)C1C. The molecular formula is C17H27BrN2S. The maximum Gasteiger partial charge on any atom is 0.0428 e. The summed E-state index contributed by atoms with van der Waals surface area (Å²) in [6, 6.07) is 7.70. The molecule has 0 radical (unpaired) electrons. The summed E-state index contributed by atoms with van der Waals surface area (Å²) in [5, 5.41) is 4.31. The molecular weight excluding hydrogens is 344 g/mol. The molecule has 3 unspecified atom stereocenters. The number of anilines is 1. The molecule has 1 aromatic rings. The van der Waals surface area contributed by atoms with Gasteiger partial charge < -0.3 is 10.2 Å². The van der Waals surface area contributed by atoms with E-state index < -0.39 is 0 Å². The van der Waals surface area contributed by atoms with Crippen LogP contribution in [0.2, 0.25) is 0 Å². The van der Waals surface area contributed by atoms with Crippen LogP contribution in [0.25, 0.3) is 0 Å². The van der Waals surface area contributed by atoms with Crippen LogP contribution < -0.4 is 10.2 Å². The third-order valence-corrected chi connectivity index (χ3v) is 6.18. The van der Waals surface area contributed by atoms with Crippen molar-refractivity contribution in [3.8, 4) is 0 Å². The number of thioether (sulfide) groups is 1. The Morgan fingerprint density at radius 2 is 2.19 bits per heavy atom. The van der Waals surface area contributed by atoms with Gasteiger partial charge in [-0.2, -0.15) is 11.8 Å². The average molecular weight is 371 g/mol. The number of halogens is 1. The molecule has 0 aliphatic carbocycles. The van der Waals surface area contributed by atoms with Crippen molar-refractivity contribution in [2.45, 2.75) is 51.4 Å². The normalized spacial score (nSPS) is 24.1. The Balaban J connectivity index is 2.30. The molecule has 0 aromatic heterocycles. The molecule has 0 spiro atoms. The van der Waals surface area contributed by atoms with Crippen molar-refractivity contribution in [3.05, 3.63) is 28.2 Å². The minimum Gasteiger partial charge on any atom is -0.367 e. The topological polar surface area (TPSA) is 15.3 Å². The number of hydrogen-bond acceptors (Lipinski definition) is 3. The molecule has 1 saturated heterocycles. The van der Waals surface area contributed by atoms with Crippen LogP contribution in [0, 0.1) is 0 Å². The molecule has 1 aliphatic rings. The molecule has 1 N–H and O–H groups in total. The first-order valence-electron chi connectivity index (χ1n) is 7.95. The van der Waals surface area contributed by atoms with Crippen LogP contribution in [-0.4, -0.2) is 30.1 Å². The van der Waals surface area contributed by atoms with Crippen molar-refractivity contribution in [3.63, 3.8) is 0 Å². The third-order valence-electron chi connectivity index (χ3n) is 4.35. The molecule has 1 aromatic carbocycles. The second-order valence-electron chi connectivity index (χ2n) is 5.89. The van der Waals surface area contributed by atoms with E-state index in [4.69, 9.17) is 0 Å². The van der Waals surface area contributed by atoms with E-state index in [0.717, 1.165) is 13.1 Å². The fourth-order valence-corrected chi connectivity index (χ4v) is 4.32. The number of rotatable bonds is 5. The number of benzene rings is 1. The van der Waals surface area contributed by atoms with Gasteiger partial charge in [-0.25, -0.2) is 0 Å². The van der Waals surface area contributed by atoms with Crippen molar-refractivity contribution in [2.24, 2.45) is 0 Å². The number of nitrogens with zero attached hydrogens (tertiary/aromatic N) is 1. The molecule has 21 heavy (non-hydrogen) atoms. The standard InChI is InChI=1S/C17H27BrN2S/c1-5-8-19-12(2)16-7-6-15(18)11-17(16)20-9-10-21-14(4)13(20)3/h6-7,11-14,19H,5,8-10H2,1-4H3. The second kappa shape index (κ2) is 7.89. The van der Waals surface area contributed by atoms with Crippen LogP contribution in [-0.2, 0) is 0 Å². The van der Waals surface area contributed by atoms with Crippen LogP contribution in [0.5, 0.6) is 0 Å². The molecule has 1 fully saturated rings. The molecule has 1 aliphatic heterocycles. The van der Waals surface area contributed by atoms with Gasteiger partial charge in [0.2, 0.25) is 0 Å². The summed E-state index contributed by atoms with van der Waals surface area (Å²) in [5.74, 6) is 1.22. The van der Waals surface area contributed by atoms with Gasteiger partial charge in [0, 0.05) is 39.8 Å². The fourth-order valence-electron chi connectivity index (χ4n) is 2.88. The highest BCUT2D eigenvalue weighted by molar-refractivity contribution is 9.10. The van der Waals surface area contributed by atoms with E-state index in [0.29, 0.717) is 17.3 Å². The molecule has 4 heteroatoms. The summed E-state index contributed by atoms with van der Waals surface area (Å²) in [4.78, 5) is 2.59. The van der Waals surface area contributed by atoms with Gasteiger partial charge in [0.15, 0.2) is 0 Å². The Morgan fingerprint density at radius 3 is 2.90 bits per heavy atom. The van der Waals surface area contributed by atoms with Crippen LogP contribution >= 0.6 is 27.7 Å². The molecule has 2 nitrogen and oxygen atoms in total. The van der Waals surface area contributed by atoms with Gasteiger partial charge in [0.05, 0.1) is 0 Å². The first-order valence-corrected chi connectivity index (χ1v) is 9.79. The largest absolute Gasteiger partial charge is 0.367 e. The highest BCUT2D eigenvalue weighted by Crippen LogP contribution is 2.35. The Morgan fingerprint density at radius 1 is 1.43 bits per heavy atom. The first kappa shape index (κ1) is 17.2. The lowest BCUT2D eigenvalue weighted by atomic mass is 10.0. The monoisotopic (exact) mass is 370 g/mol. The van der Waals surface area contributed by atoms with Crippen molar-refractivity contribution < 1.29 is 0 Å². The third kappa shape index (κ3) is 4.17. The Labute approximate surface area is 142 Å². The maximum atomic E-state index is 3.65. The number of nitrogens with one attached hydrogen (secondary N) is 1. The van der Waals surface area contributed by atoms with E-state index in [-0.39, 0.29) is 0 Å². The quantitative estimate of drug-likeness (QED) is 0.797. The molecule has 2 rings (SSSR count). The van der Waals surface area contributed by atoms with Gasteiger partial charge in [-0.3, -0.25) is 0 Å². The Kier molecular flexibility index (Phi) is 6.45. The summed E-state index contributed by atoms with van der Waals surface area (Å²) in [6.45, 7) is 11.4. The zero-order chi connectivity index (χ0) is 15.4. The van der Waals surface area contributed by atoms with E-state index in [1.807, 2.05) is 0 Å². The van der Waals surface area contributed by atoms with Gasteiger partial charge >= 0.3 is 0 Å². The van der Waals surface area contributed by atoms with Crippen molar-refractivity contribution in [1.82, 2.24) is 5.32 Å². The highest BCUT2D eigenvalue weighted by atomic mass is 79.9.